The largest absolute Gasteiger partial charge is 0.360 e. The molecule has 0 radical (unpaired) electrons. The van der Waals surface area contributed by atoms with Crippen LogP contribution in [0.5, 0.6) is 0 Å². The molecule has 4 atom stereocenters. The number of fused-ring (bicyclic) bond motifs is 1. The van der Waals surface area contributed by atoms with Crippen molar-refractivity contribution in [1.82, 2.24) is 0 Å². The van der Waals surface area contributed by atoms with Crippen LogP contribution in [0.15, 0.2) is 60.7 Å². The van der Waals surface area contributed by atoms with E-state index in [1.165, 1.54) is 6.92 Å². The first kappa shape index (κ1) is 19.8. The van der Waals surface area contributed by atoms with E-state index in [0.29, 0.717) is 28.6 Å². The number of hydrogen-bond acceptors (Lipinski definition) is 4. The number of nitrogens with one attached hydrogen (secondary N) is 2. The molecule has 3 aliphatic heterocycles. The smallest absolute Gasteiger partial charge is 0.234 e. The Labute approximate surface area is 184 Å². The summed E-state index contributed by atoms with van der Waals surface area (Å²) in [5, 5.41) is 6.10. The van der Waals surface area contributed by atoms with E-state index >= 15 is 0 Å². The van der Waals surface area contributed by atoms with Crippen LogP contribution >= 0.6 is 11.6 Å². The fraction of sp³-hybridized carbons (Fsp3) is 0.261. The van der Waals surface area contributed by atoms with Gasteiger partial charge in [0.15, 0.2) is 0 Å². The SMILES string of the molecule is CC(=O)Nc1ccc(N2C[C@@]34C=C[C@@H](O3)[C@H](C(=O)Nc3cccc(Cl)c3)[C@H]4C2=O)cc1. The molecule has 8 heteroatoms. The minimum atomic E-state index is -0.811. The number of halogens is 1. The highest BCUT2D eigenvalue weighted by Crippen LogP contribution is 2.52. The Morgan fingerprint density at radius 1 is 1.13 bits per heavy atom. The van der Waals surface area contributed by atoms with Crippen molar-refractivity contribution >= 4 is 46.4 Å². The molecular formula is C23H20ClN3O4. The molecule has 1 spiro atoms. The van der Waals surface area contributed by atoms with Gasteiger partial charge in [-0.3, -0.25) is 14.4 Å². The number of carbonyl (C=O) groups excluding carboxylic acids is 3. The van der Waals surface area contributed by atoms with Crippen LogP contribution in [0.3, 0.4) is 0 Å². The second-order valence-electron chi connectivity index (χ2n) is 8.05. The molecule has 2 fully saturated rings. The third-order valence-electron chi connectivity index (χ3n) is 5.99. The topological polar surface area (TPSA) is 87.7 Å². The standard InChI is InChI=1S/C23H20ClN3O4/c1-13(28)25-15-5-7-17(8-6-15)27-12-23-10-9-18(31-23)19(20(23)22(27)30)21(29)26-16-4-2-3-14(24)11-16/h2-11,18-20H,12H2,1H3,(H,25,28)(H,26,29)/t18-,19+,20+,23-/m1/s1. The first-order valence-corrected chi connectivity index (χ1v) is 10.4. The summed E-state index contributed by atoms with van der Waals surface area (Å²) in [4.78, 5) is 39.4. The summed E-state index contributed by atoms with van der Waals surface area (Å²) < 4.78 is 6.16. The zero-order chi connectivity index (χ0) is 21.8. The third-order valence-corrected chi connectivity index (χ3v) is 6.23. The Hall–Kier alpha value is -3.16. The quantitative estimate of drug-likeness (QED) is 0.719. The Bertz CT molecular complexity index is 1120. The molecule has 3 amide bonds. The van der Waals surface area contributed by atoms with Crippen LogP contribution in [-0.4, -0.2) is 36.0 Å². The lowest BCUT2D eigenvalue weighted by Crippen LogP contribution is -2.41. The fourth-order valence-electron chi connectivity index (χ4n) is 4.74. The number of hydrogen-bond donors (Lipinski definition) is 2. The van der Waals surface area contributed by atoms with Gasteiger partial charge in [-0.1, -0.05) is 29.8 Å². The number of benzene rings is 2. The van der Waals surface area contributed by atoms with Gasteiger partial charge in [0, 0.05) is 29.0 Å². The van der Waals surface area contributed by atoms with E-state index in [2.05, 4.69) is 10.6 Å². The predicted octanol–water partition coefficient (Wildman–Crippen LogP) is 3.22. The molecule has 3 aliphatic rings. The number of anilines is 3. The molecule has 5 rings (SSSR count). The van der Waals surface area contributed by atoms with Crippen LogP contribution in [0.4, 0.5) is 17.1 Å². The highest BCUT2D eigenvalue weighted by molar-refractivity contribution is 6.30. The van der Waals surface area contributed by atoms with Gasteiger partial charge in [0.1, 0.15) is 5.60 Å². The zero-order valence-corrected chi connectivity index (χ0v) is 17.4. The summed E-state index contributed by atoms with van der Waals surface area (Å²) in [7, 11) is 0. The van der Waals surface area contributed by atoms with Gasteiger partial charge in [-0.25, -0.2) is 0 Å². The first-order chi connectivity index (χ1) is 14.9. The van der Waals surface area contributed by atoms with E-state index in [4.69, 9.17) is 16.3 Å². The molecule has 7 nitrogen and oxygen atoms in total. The van der Waals surface area contributed by atoms with Crippen molar-refractivity contribution in [2.75, 3.05) is 22.1 Å². The summed E-state index contributed by atoms with van der Waals surface area (Å²) >= 11 is 6.02. The van der Waals surface area contributed by atoms with E-state index in [1.807, 2.05) is 12.2 Å². The van der Waals surface area contributed by atoms with Crippen LogP contribution < -0.4 is 15.5 Å². The summed E-state index contributed by atoms with van der Waals surface area (Å²) in [5.41, 5.74) is 1.11. The first-order valence-electron chi connectivity index (χ1n) is 9.99. The van der Waals surface area contributed by atoms with Crippen LogP contribution in [0.2, 0.25) is 5.02 Å². The number of ether oxygens (including phenoxy) is 1. The second-order valence-corrected chi connectivity index (χ2v) is 8.49. The molecule has 0 aliphatic carbocycles. The van der Waals surface area contributed by atoms with Gasteiger partial charge < -0.3 is 20.3 Å². The van der Waals surface area contributed by atoms with Gasteiger partial charge in [0.05, 0.1) is 24.5 Å². The maximum atomic E-state index is 13.4. The second kappa shape index (κ2) is 7.21. The molecule has 2 N–H and O–H groups in total. The molecule has 0 aromatic heterocycles. The monoisotopic (exact) mass is 437 g/mol. The molecule has 2 saturated heterocycles. The molecule has 0 saturated carbocycles. The average Bonchev–Trinajstić information content (AvgIpc) is 3.36. The summed E-state index contributed by atoms with van der Waals surface area (Å²) in [6.07, 6.45) is 3.35. The summed E-state index contributed by atoms with van der Waals surface area (Å²) in [5.74, 6) is -1.80. The minimum Gasteiger partial charge on any atom is -0.360 e. The fourth-order valence-corrected chi connectivity index (χ4v) is 4.93. The van der Waals surface area contributed by atoms with Crippen molar-refractivity contribution in [2.24, 2.45) is 11.8 Å². The molecule has 2 bridgehead atoms. The lowest BCUT2D eigenvalue weighted by Gasteiger charge is -2.23. The lowest BCUT2D eigenvalue weighted by molar-refractivity contribution is -0.128. The Morgan fingerprint density at radius 2 is 1.90 bits per heavy atom. The van der Waals surface area contributed by atoms with Crippen molar-refractivity contribution in [3.8, 4) is 0 Å². The Balaban J connectivity index is 1.39. The zero-order valence-electron chi connectivity index (χ0n) is 16.7. The highest BCUT2D eigenvalue weighted by Gasteiger charge is 2.67. The van der Waals surface area contributed by atoms with Crippen molar-refractivity contribution in [3.05, 3.63) is 65.7 Å². The van der Waals surface area contributed by atoms with Gasteiger partial charge in [0.2, 0.25) is 17.7 Å². The molecule has 0 unspecified atom stereocenters. The Kier molecular flexibility index (Phi) is 4.60. The van der Waals surface area contributed by atoms with Gasteiger partial charge in [-0.15, -0.1) is 0 Å². The van der Waals surface area contributed by atoms with E-state index in [1.54, 1.807) is 53.4 Å². The van der Waals surface area contributed by atoms with Crippen molar-refractivity contribution in [1.29, 1.82) is 0 Å². The highest BCUT2D eigenvalue weighted by atomic mass is 35.5. The summed E-state index contributed by atoms with van der Waals surface area (Å²) in [6, 6.07) is 13.9. The third kappa shape index (κ3) is 3.30. The van der Waals surface area contributed by atoms with Crippen molar-refractivity contribution in [2.45, 2.75) is 18.6 Å². The summed E-state index contributed by atoms with van der Waals surface area (Å²) in [6.45, 7) is 1.77. The average molecular weight is 438 g/mol. The minimum absolute atomic E-state index is 0.148. The van der Waals surface area contributed by atoms with Crippen molar-refractivity contribution < 1.29 is 19.1 Å². The maximum Gasteiger partial charge on any atom is 0.234 e. The number of amides is 3. The van der Waals surface area contributed by atoms with Gasteiger partial charge in [0.25, 0.3) is 0 Å². The van der Waals surface area contributed by atoms with E-state index in [-0.39, 0.29) is 17.7 Å². The van der Waals surface area contributed by atoms with Gasteiger partial charge >= 0.3 is 0 Å². The van der Waals surface area contributed by atoms with Crippen LogP contribution in [0, 0.1) is 11.8 Å². The number of nitrogens with zero attached hydrogens (tertiary/aromatic N) is 1. The molecule has 3 heterocycles. The van der Waals surface area contributed by atoms with E-state index in [9.17, 15) is 14.4 Å². The lowest BCUT2D eigenvalue weighted by atomic mass is 9.77. The van der Waals surface area contributed by atoms with Crippen molar-refractivity contribution in [3.63, 3.8) is 0 Å². The molecule has 2 aromatic rings. The van der Waals surface area contributed by atoms with E-state index < -0.39 is 23.5 Å². The number of carbonyl (C=O) groups is 3. The van der Waals surface area contributed by atoms with E-state index in [0.717, 1.165) is 0 Å². The maximum absolute atomic E-state index is 13.4. The Morgan fingerprint density at radius 3 is 2.61 bits per heavy atom. The van der Waals surface area contributed by atoms with Crippen LogP contribution in [-0.2, 0) is 19.1 Å². The predicted molar refractivity (Wildman–Crippen MR) is 117 cm³/mol. The normalized spacial score (nSPS) is 28.0. The molecule has 2 aromatic carbocycles. The molecule has 31 heavy (non-hydrogen) atoms. The van der Waals surface area contributed by atoms with Crippen LogP contribution in [0.1, 0.15) is 6.92 Å². The molecular weight excluding hydrogens is 418 g/mol. The van der Waals surface area contributed by atoms with Gasteiger partial charge in [-0.2, -0.15) is 0 Å². The van der Waals surface area contributed by atoms with Crippen LogP contribution in [0.25, 0.3) is 0 Å². The molecule has 158 valence electrons. The van der Waals surface area contributed by atoms with Gasteiger partial charge in [-0.05, 0) is 42.5 Å². The number of rotatable bonds is 4.